The molecule has 2 amide bonds. The molecule has 0 unspecified atom stereocenters. The zero-order valence-electron chi connectivity index (χ0n) is 15.4. The number of fused-ring (bicyclic) bond motifs is 1. The number of carbonyl (C=O) groups excluding carboxylic acids is 2. The van der Waals surface area contributed by atoms with Crippen LogP contribution in [0.3, 0.4) is 0 Å². The smallest absolute Gasteiger partial charge is 0.339 e. The lowest BCUT2D eigenvalue weighted by Crippen LogP contribution is -2.42. The Kier molecular flexibility index (Phi) is 4.98. The van der Waals surface area contributed by atoms with Gasteiger partial charge in [-0.15, -0.1) is 0 Å². The molecule has 1 aromatic heterocycles. The van der Waals surface area contributed by atoms with Crippen molar-refractivity contribution >= 4 is 23.2 Å². The molecule has 0 spiro atoms. The van der Waals surface area contributed by atoms with Gasteiger partial charge in [0.2, 0.25) is 23.5 Å². The van der Waals surface area contributed by atoms with E-state index in [1.54, 1.807) is 24.3 Å². The van der Waals surface area contributed by atoms with Crippen molar-refractivity contribution in [1.82, 2.24) is 10.1 Å². The minimum atomic E-state index is -4.56. The van der Waals surface area contributed by atoms with Crippen molar-refractivity contribution in [2.75, 3.05) is 16.8 Å². The highest BCUT2D eigenvalue weighted by atomic mass is 19.4. The van der Waals surface area contributed by atoms with Gasteiger partial charge in [0, 0.05) is 18.4 Å². The first kappa shape index (κ1) is 19.6. The number of hydrogen-bond donors (Lipinski definition) is 1. The number of benzene rings is 2. The van der Waals surface area contributed by atoms with Gasteiger partial charge in [-0.05, 0) is 18.2 Å². The second kappa shape index (κ2) is 7.62. The van der Waals surface area contributed by atoms with Gasteiger partial charge in [0.25, 0.3) is 0 Å². The molecule has 0 atom stereocenters. The van der Waals surface area contributed by atoms with Crippen molar-refractivity contribution in [3.63, 3.8) is 0 Å². The molecule has 1 aliphatic rings. The highest BCUT2D eigenvalue weighted by Gasteiger charge is 2.34. The van der Waals surface area contributed by atoms with Gasteiger partial charge in [-0.25, -0.2) is 0 Å². The fraction of sp³-hybridized carbons (Fsp3) is 0.200. The van der Waals surface area contributed by atoms with E-state index in [1.165, 1.54) is 23.1 Å². The zero-order valence-corrected chi connectivity index (χ0v) is 15.4. The van der Waals surface area contributed by atoms with E-state index in [2.05, 4.69) is 15.5 Å². The van der Waals surface area contributed by atoms with Crippen LogP contribution in [0.4, 0.5) is 24.5 Å². The van der Waals surface area contributed by atoms with Crippen molar-refractivity contribution < 1.29 is 27.3 Å². The molecule has 154 valence electrons. The lowest BCUT2D eigenvalue weighted by molar-refractivity contribution is -0.137. The highest BCUT2D eigenvalue weighted by Crippen LogP contribution is 2.36. The molecule has 1 N–H and O–H groups in total. The number of hydrogen-bond acceptors (Lipinski definition) is 5. The van der Waals surface area contributed by atoms with Crippen LogP contribution >= 0.6 is 0 Å². The van der Waals surface area contributed by atoms with Gasteiger partial charge in [-0.1, -0.05) is 35.5 Å². The maximum Gasteiger partial charge on any atom is 0.417 e. The summed E-state index contributed by atoms with van der Waals surface area (Å²) in [6.07, 6.45) is -4.58. The molecule has 10 heteroatoms. The summed E-state index contributed by atoms with van der Waals surface area (Å²) >= 11 is 0. The number of alkyl halides is 3. The van der Waals surface area contributed by atoms with Gasteiger partial charge < -0.3 is 14.7 Å². The van der Waals surface area contributed by atoms with Gasteiger partial charge in [0.15, 0.2) is 0 Å². The van der Waals surface area contributed by atoms with Crippen LogP contribution in [-0.2, 0) is 22.2 Å². The van der Waals surface area contributed by atoms with E-state index in [0.717, 1.165) is 6.07 Å². The summed E-state index contributed by atoms with van der Waals surface area (Å²) in [6, 6.07) is 11.8. The number of halogens is 3. The minimum absolute atomic E-state index is 0.0281. The van der Waals surface area contributed by atoms with Gasteiger partial charge in [0.1, 0.15) is 6.54 Å². The van der Waals surface area contributed by atoms with Crippen molar-refractivity contribution in [2.45, 2.75) is 19.0 Å². The van der Waals surface area contributed by atoms with Crippen LogP contribution in [0.25, 0.3) is 11.4 Å². The maximum atomic E-state index is 13.2. The van der Waals surface area contributed by atoms with Crippen LogP contribution in [0, 0.1) is 0 Å². The van der Waals surface area contributed by atoms with E-state index >= 15 is 0 Å². The summed E-state index contributed by atoms with van der Waals surface area (Å²) < 4.78 is 44.6. The van der Waals surface area contributed by atoms with E-state index in [1.807, 2.05) is 0 Å². The molecule has 1 aliphatic heterocycles. The third-order valence-corrected chi connectivity index (χ3v) is 4.57. The zero-order chi connectivity index (χ0) is 21.3. The van der Waals surface area contributed by atoms with Crippen molar-refractivity contribution in [3.05, 3.63) is 60.0 Å². The highest BCUT2D eigenvalue weighted by molar-refractivity contribution is 6.09. The summed E-state index contributed by atoms with van der Waals surface area (Å²) in [5, 5.41) is 6.32. The summed E-state index contributed by atoms with van der Waals surface area (Å²) in [5.74, 6) is -0.822. The Morgan fingerprint density at radius 2 is 1.87 bits per heavy atom. The second-order valence-corrected chi connectivity index (χ2v) is 6.60. The molecule has 4 rings (SSSR count). The molecule has 0 fully saturated rings. The molecular formula is C20H15F3N4O3. The van der Waals surface area contributed by atoms with Crippen LogP contribution in [-0.4, -0.2) is 28.5 Å². The number of aromatic nitrogens is 2. The lowest BCUT2D eigenvalue weighted by Gasteiger charge is -2.29. The van der Waals surface area contributed by atoms with Gasteiger partial charge >= 0.3 is 6.18 Å². The molecule has 0 radical (unpaired) electrons. The van der Waals surface area contributed by atoms with Gasteiger partial charge in [-0.2, -0.15) is 18.2 Å². The fourth-order valence-corrected chi connectivity index (χ4v) is 3.20. The van der Waals surface area contributed by atoms with E-state index in [9.17, 15) is 22.8 Å². The molecule has 0 aliphatic carbocycles. The number of anilines is 2. The molecule has 0 saturated carbocycles. The van der Waals surface area contributed by atoms with Crippen LogP contribution in [0.2, 0.25) is 0 Å². The number of carbonyl (C=O) groups is 2. The number of rotatable bonds is 4. The van der Waals surface area contributed by atoms with E-state index < -0.39 is 11.7 Å². The first-order valence-corrected chi connectivity index (χ1v) is 9.01. The van der Waals surface area contributed by atoms with Crippen LogP contribution in [0.15, 0.2) is 53.1 Å². The standard InChI is InChI=1S/C20H15F3N4O3/c21-20(22,23)13-6-2-1-5-12(13)19-25-17(30-26-19)9-10-18(29)27-11-16(28)24-14-7-3-4-8-15(14)27/h1-8H,9-11H2,(H,24,28). The van der Waals surface area contributed by atoms with Crippen molar-refractivity contribution in [2.24, 2.45) is 0 Å². The summed E-state index contributed by atoms with van der Waals surface area (Å²) in [4.78, 5) is 29.9. The molecular weight excluding hydrogens is 401 g/mol. The topological polar surface area (TPSA) is 88.3 Å². The molecule has 2 aromatic carbocycles. The van der Waals surface area contributed by atoms with E-state index in [-0.39, 0.29) is 48.5 Å². The van der Waals surface area contributed by atoms with Crippen LogP contribution in [0.5, 0.6) is 0 Å². The van der Waals surface area contributed by atoms with Crippen molar-refractivity contribution in [3.8, 4) is 11.4 Å². The van der Waals surface area contributed by atoms with E-state index in [4.69, 9.17) is 4.52 Å². The Bertz CT molecular complexity index is 1110. The third kappa shape index (κ3) is 3.88. The Balaban J connectivity index is 1.49. The Hall–Kier alpha value is -3.69. The molecule has 0 bridgehead atoms. The first-order valence-electron chi connectivity index (χ1n) is 9.01. The Morgan fingerprint density at radius 3 is 2.67 bits per heavy atom. The Morgan fingerprint density at radius 1 is 1.13 bits per heavy atom. The van der Waals surface area contributed by atoms with Crippen molar-refractivity contribution in [1.29, 1.82) is 0 Å². The molecule has 2 heterocycles. The number of amides is 2. The predicted octanol–water partition coefficient (Wildman–Crippen LogP) is 3.67. The first-order chi connectivity index (χ1) is 14.3. The average Bonchev–Trinajstić information content (AvgIpc) is 3.19. The third-order valence-electron chi connectivity index (χ3n) is 4.57. The summed E-state index contributed by atoms with van der Waals surface area (Å²) in [7, 11) is 0. The fourth-order valence-electron chi connectivity index (χ4n) is 3.20. The SMILES string of the molecule is O=C1CN(C(=O)CCc2nc(-c3ccccc3C(F)(F)F)no2)c2ccccc2N1. The second-order valence-electron chi connectivity index (χ2n) is 6.60. The molecule has 0 saturated heterocycles. The molecule has 3 aromatic rings. The lowest BCUT2D eigenvalue weighted by atomic mass is 10.1. The largest absolute Gasteiger partial charge is 0.417 e. The number of para-hydroxylation sites is 2. The number of aryl methyl sites for hydroxylation is 1. The van der Waals surface area contributed by atoms with Crippen LogP contribution in [0.1, 0.15) is 17.9 Å². The normalized spacial score (nSPS) is 13.7. The summed E-state index contributed by atoms with van der Waals surface area (Å²) in [6.45, 7) is -0.121. The quantitative estimate of drug-likeness (QED) is 0.701. The van der Waals surface area contributed by atoms with Crippen LogP contribution < -0.4 is 10.2 Å². The monoisotopic (exact) mass is 416 g/mol. The predicted molar refractivity (Wildman–Crippen MR) is 100 cm³/mol. The molecule has 30 heavy (non-hydrogen) atoms. The summed E-state index contributed by atoms with van der Waals surface area (Å²) in [5.41, 5.74) is 0.0377. The minimum Gasteiger partial charge on any atom is -0.339 e. The Labute approximate surface area is 168 Å². The average molecular weight is 416 g/mol. The molecule has 7 nitrogen and oxygen atoms in total. The van der Waals surface area contributed by atoms with Gasteiger partial charge in [0.05, 0.1) is 16.9 Å². The number of nitrogens with zero attached hydrogens (tertiary/aromatic N) is 3. The van der Waals surface area contributed by atoms with Gasteiger partial charge in [-0.3, -0.25) is 9.59 Å². The number of nitrogens with one attached hydrogen (secondary N) is 1. The maximum absolute atomic E-state index is 13.2. The van der Waals surface area contributed by atoms with E-state index in [0.29, 0.717) is 11.4 Å².